The number of rotatable bonds is 4. The molecule has 0 bridgehead atoms. The van der Waals surface area contributed by atoms with Crippen molar-refractivity contribution in [2.24, 2.45) is 0 Å². The number of imidazole rings is 1. The van der Waals surface area contributed by atoms with E-state index in [0.29, 0.717) is 10.7 Å². The second kappa shape index (κ2) is 6.52. The molecule has 3 heterocycles. The maximum absolute atomic E-state index is 14.5. The number of anilines is 1. The van der Waals surface area contributed by atoms with Crippen LogP contribution in [0, 0.1) is 5.95 Å². The maximum Gasteiger partial charge on any atom is 0.275 e. The number of nitrogen functional groups attached to an aromatic ring is 1. The molecule has 0 fully saturated rings. The van der Waals surface area contributed by atoms with Gasteiger partial charge in [-0.15, -0.1) is 10.2 Å². The number of nitrogens with two attached hydrogens (primary N) is 1. The van der Waals surface area contributed by atoms with Gasteiger partial charge in [-0.05, 0) is 17.7 Å². The lowest BCUT2D eigenvalue weighted by molar-refractivity contribution is 0.0933. The first kappa shape index (κ1) is 16.2. The minimum atomic E-state index is -0.721. The van der Waals surface area contributed by atoms with E-state index >= 15 is 0 Å². The fraction of sp³-hybridized carbons (Fsp3) is 0.0588. The highest BCUT2D eigenvalue weighted by atomic mass is 32.1. The average Bonchev–Trinajstić information content (AvgIpc) is 3.24. The third-order valence-corrected chi connectivity index (χ3v) is 4.62. The summed E-state index contributed by atoms with van der Waals surface area (Å²) in [6.45, 7) is 0. The molecule has 3 N–H and O–H groups in total. The summed E-state index contributed by atoms with van der Waals surface area (Å²) in [5.74, 6) is -1.37. The molecule has 3 aromatic heterocycles. The number of pyridine rings is 1. The number of aromatic nitrogens is 4. The number of hydrogen-bond acceptors (Lipinski definition) is 6. The standard InChI is InChI=1S/C17H13FN6OS/c18-14-13(20-11-8-4-5-9-24(11)14)15(25)21-12(10-6-2-1-3-7-10)16-22-23-17(19)26-16/h1-9,12H,(H2,19,23)(H,21,25)/t12-/m0/s1. The van der Waals surface area contributed by atoms with Gasteiger partial charge in [-0.1, -0.05) is 47.7 Å². The van der Waals surface area contributed by atoms with Crippen molar-refractivity contribution in [3.8, 4) is 0 Å². The highest BCUT2D eigenvalue weighted by Gasteiger charge is 2.25. The molecule has 0 saturated heterocycles. The fourth-order valence-corrected chi connectivity index (χ4v) is 3.30. The van der Waals surface area contributed by atoms with Crippen LogP contribution in [-0.2, 0) is 0 Å². The van der Waals surface area contributed by atoms with Crippen LogP contribution in [0.1, 0.15) is 27.1 Å². The Bertz CT molecular complexity index is 1080. The number of halogens is 1. The molecule has 0 unspecified atom stereocenters. The second-order valence-corrected chi connectivity index (χ2v) is 6.52. The summed E-state index contributed by atoms with van der Waals surface area (Å²) in [6.07, 6.45) is 1.51. The molecule has 9 heteroatoms. The molecule has 7 nitrogen and oxygen atoms in total. The molecule has 4 rings (SSSR count). The number of carbonyl (C=O) groups excluding carboxylic acids is 1. The molecule has 0 radical (unpaired) electrons. The van der Waals surface area contributed by atoms with Crippen LogP contribution in [0.3, 0.4) is 0 Å². The average molecular weight is 368 g/mol. The van der Waals surface area contributed by atoms with Crippen molar-refractivity contribution >= 4 is 28.0 Å². The lowest BCUT2D eigenvalue weighted by atomic mass is 10.1. The van der Waals surface area contributed by atoms with E-state index in [2.05, 4.69) is 20.5 Å². The van der Waals surface area contributed by atoms with Gasteiger partial charge in [0.05, 0.1) is 0 Å². The van der Waals surface area contributed by atoms with Gasteiger partial charge >= 0.3 is 0 Å². The first-order chi connectivity index (χ1) is 12.6. The van der Waals surface area contributed by atoms with E-state index in [9.17, 15) is 9.18 Å². The van der Waals surface area contributed by atoms with Crippen LogP contribution in [0.4, 0.5) is 9.52 Å². The van der Waals surface area contributed by atoms with E-state index in [1.54, 1.807) is 18.2 Å². The number of nitrogens with zero attached hydrogens (tertiary/aromatic N) is 4. The van der Waals surface area contributed by atoms with Crippen molar-refractivity contribution in [3.63, 3.8) is 0 Å². The Morgan fingerprint density at radius 3 is 2.62 bits per heavy atom. The molecule has 0 aliphatic heterocycles. The lowest BCUT2D eigenvalue weighted by Crippen LogP contribution is -2.30. The largest absolute Gasteiger partial charge is 0.374 e. The third kappa shape index (κ3) is 2.88. The van der Waals surface area contributed by atoms with Crippen molar-refractivity contribution in [2.45, 2.75) is 6.04 Å². The normalized spacial score (nSPS) is 12.2. The van der Waals surface area contributed by atoms with Gasteiger partial charge in [0.25, 0.3) is 5.91 Å². The highest BCUT2D eigenvalue weighted by Crippen LogP contribution is 2.26. The first-order valence-corrected chi connectivity index (χ1v) is 8.52. The van der Waals surface area contributed by atoms with Crippen LogP contribution in [0.25, 0.3) is 5.65 Å². The summed E-state index contributed by atoms with van der Waals surface area (Å²) in [6, 6.07) is 13.6. The molecule has 1 aromatic carbocycles. The topological polar surface area (TPSA) is 98.2 Å². The van der Waals surface area contributed by atoms with E-state index in [0.717, 1.165) is 16.9 Å². The Kier molecular flexibility index (Phi) is 4.05. The predicted octanol–water partition coefficient (Wildman–Crippen LogP) is 2.43. The smallest absolute Gasteiger partial charge is 0.275 e. The number of hydrogen-bond donors (Lipinski definition) is 2. The summed E-state index contributed by atoms with van der Waals surface area (Å²) in [5.41, 5.74) is 6.52. The van der Waals surface area contributed by atoms with Crippen molar-refractivity contribution in [1.29, 1.82) is 0 Å². The first-order valence-electron chi connectivity index (χ1n) is 7.71. The summed E-state index contributed by atoms with van der Waals surface area (Å²) in [5, 5.41) is 11.4. The zero-order valence-electron chi connectivity index (χ0n) is 13.3. The molecular formula is C17H13FN6OS. The van der Waals surface area contributed by atoms with Crippen LogP contribution >= 0.6 is 11.3 Å². The van der Waals surface area contributed by atoms with E-state index < -0.39 is 17.9 Å². The minimum absolute atomic E-state index is 0.283. The highest BCUT2D eigenvalue weighted by molar-refractivity contribution is 7.15. The SMILES string of the molecule is Nc1nnc([C@@H](NC(=O)c2nc3ccccn3c2F)c2ccccc2)s1. The lowest BCUT2D eigenvalue weighted by Gasteiger charge is -2.15. The number of fused-ring (bicyclic) bond motifs is 1. The van der Waals surface area contributed by atoms with E-state index in [1.807, 2.05) is 30.3 Å². The molecule has 1 atom stereocenters. The van der Waals surface area contributed by atoms with Crippen LogP contribution in [0.5, 0.6) is 0 Å². The quantitative estimate of drug-likeness (QED) is 0.576. The summed E-state index contributed by atoms with van der Waals surface area (Å²) in [4.78, 5) is 16.8. The van der Waals surface area contributed by atoms with Gasteiger partial charge in [0, 0.05) is 6.20 Å². The summed E-state index contributed by atoms with van der Waals surface area (Å²) >= 11 is 1.16. The van der Waals surface area contributed by atoms with Gasteiger partial charge in [-0.2, -0.15) is 4.39 Å². The molecule has 130 valence electrons. The van der Waals surface area contributed by atoms with Gasteiger partial charge < -0.3 is 11.1 Å². The minimum Gasteiger partial charge on any atom is -0.374 e. The van der Waals surface area contributed by atoms with Crippen molar-refractivity contribution in [3.05, 3.63) is 76.9 Å². The van der Waals surface area contributed by atoms with Crippen LogP contribution in [-0.4, -0.2) is 25.5 Å². The molecule has 0 spiro atoms. The van der Waals surface area contributed by atoms with Crippen molar-refractivity contribution < 1.29 is 9.18 Å². The Morgan fingerprint density at radius 1 is 1.15 bits per heavy atom. The molecule has 0 aliphatic carbocycles. The number of carbonyl (C=O) groups is 1. The number of nitrogens with one attached hydrogen (secondary N) is 1. The maximum atomic E-state index is 14.5. The van der Waals surface area contributed by atoms with Gasteiger partial charge in [-0.3, -0.25) is 9.20 Å². The van der Waals surface area contributed by atoms with Crippen molar-refractivity contribution in [1.82, 2.24) is 24.9 Å². The van der Waals surface area contributed by atoms with Gasteiger partial charge in [0.1, 0.15) is 16.7 Å². The van der Waals surface area contributed by atoms with Crippen LogP contribution in [0.15, 0.2) is 54.7 Å². The van der Waals surface area contributed by atoms with Gasteiger partial charge in [0.15, 0.2) is 5.69 Å². The van der Waals surface area contributed by atoms with Crippen LogP contribution < -0.4 is 11.1 Å². The Labute approximate surface area is 151 Å². The Hall–Kier alpha value is -3.33. The van der Waals surface area contributed by atoms with Crippen molar-refractivity contribution in [2.75, 3.05) is 5.73 Å². The monoisotopic (exact) mass is 368 g/mol. The molecule has 0 aliphatic rings. The molecule has 26 heavy (non-hydrogen) atoms. The zero-order chi connectivity index (χ0) is 18.1. The van der Waals surface area contributed by atoms with E-state index in [1.165, 1.54) is 10.6 Å². The molecule has 1 amide bonds. The zero-order valence-corrected chi connectivity index (χ0v) is 14.2. The predicted molar refractivity (Wildman–Crippen MR) is 95.2 cm³/mol. The summed E-state index contributed by atoms with van der Waals surface area (Å²) < 4.78 is 15.8. The number of benzene rings is 1. The van der Waals surface area contributed by atoms with Gasteiger partial charge in [-0.25, -0.2) is 4.98 Å². The second-order valence-electron chi connectivity index (χ2n) is 5.48. The molecule has 0 saturated carbocycles. The Balaban J connectivity index is 1.71. The fourth-order valence-electron chi connectivity index (χ4n) is 2.61. The van der Waals surface area contributed by atoms with E-state index in [-0.39, 0.29) is 10.8 Å². The van der Waals surface area contributed by atoms with Crippen LogP contribution in [0.2, 0.25) is 0 Å². The van der Waals surface area contributed by atoms with Gasteiger partial charge in [0.2, 0.25) is 11.1 Å². The molecule has 4 aromatic rings. The number of amides is 1. The third-order valence-electron chi connectivity index (χ3n) is 3.80. The van der Waals surface area contributed by atoms with E-state index in [4.69, 9.17) is 5.73 Å². The Morgan fingerprint density at radius 2 is 1.92 bits per heavy atom. The summed E-state index contributed by atoms with van der Waals surface area (Å²) in [7, 11) is 0. The molecular weight excluding hydrogens is 355 g/mol.